The van der Waals surface area contributed by atoms with E-state index in [4.69, 9.17) is 0 Å². The van der Waals surface area contributed by atoms with Gasteiger partial charge in [0.05, 0.1) is 0 Å². The average molecular weight is 246 g/mol. The molecule has 0 saturated carbocycles. The molecule has 0 bridgehead atoms. The van der Waals surface area contributed by atoms with Gasteiger partial charge in [-0.1, -0.05) is 31.9 Å². The lowest BCUT2D eigenvalue weighted by Crippen LogP contribution is -2.25. The molecular weight excluding hydrogens is 224 g/mol. The van der Waals surface area contributed by atoms with Crippen LogP contribution in [-0.2, 0) is 17.8 Å². The van der Waals surface area contributed by atoms with Crippen LogP contribution in [0.2, 0.25) is 0 Å². The van der Waals surface area contributed by atoms with E-state index in [0.29, 0.717) is 6.42 Å². The molecule has 1 amide bonds. The van der Waals surface area contributed by atoms with Crippen LogP contribution >= 0.6 is 0 Å². The van der Waals surface area contributed by atoms with Gasteiger partial charge in [0.15, 0.2) is 0 Å². The Morgan fingerprint density at radius 3 is 3.11 bits per heavy atom. The van der Waals surface area contributed by atoms with Crippen molar-refractivity contribution < 1.29 is 4.79 Å². The zero-order valence-corrected chi connectivity index (χ0v) is 11.1. The van der Waals surface area contributed by atoms with Crippen LogP contribution in [0.3, 0.4) is 0 Å². The second-order valence-electron chi connectivity index (χ2n) is 4.88. The van der Waals surface area contributed by atoms with E-state index in [2.05, 4.69) is 23.6 Å². The highest BCUT2D eigenvalue weighted by Gasteiger charge is 2.13. The predicted molar refractivity (Wildman–Crippen MR) is 74.6 cm³/mol. The molecule has 1 aromatic rings. The van der Waals surface area contributed by atoms with Crippen molar-refractivity contribution in [1.29, 1.82) is 0 Å². The lowest BCUT2D eigenvalue weighted by Gasteiger charge is -2.20. The molecule has 18 heavy (non-hydrogen) atoms. The molecule has 1 aromatic carbocycles. The SMILES string of the molecule is CCCCCC(=O)Nc1cccc2c1CCNC2. The summed E-state index contributed by atoms with van der Waals surface area (Å²) in [6, 6.07) is 6.17. The van der Waals surface area contributed by atoms with Gasteiger partial charge < -0.3 is 10.6 Å². The molecule has 1 aliphatic rings. The fourth-order valence-electron chi connectivity index (χ4n) is 2.40. The summed E-state index contributed by atoms with van der Waals surface area (Å²) in [7, 11) is 0. The van der Waals surface area contributed by atoms with Gasteiger partial charge in [-0.3, -0.25) is 4.79 Å². The van der Waals surface area contributed by atoms with E-state index < -0.39 is 0 Å². The molecule has 98 valence electrons. The van der Waals surface area contributed by atoms with Crippen molar-refractivity contribution in [2.24, 2.45) is 0 Å². The number of hydrogen-bond acceptors (Lipinski definition) is 2. The van der Waals surface area contributed by atoms with Crippen LogP contribution in [0.4, 0.5) is 5.69 Å². The molecule has 2 rings (SSSR count). The van der Waals surface area contributed by atoms with E-state index in [9.17, 15) is 4.79 Å². The lowest BCUT2D eigenvalue weighted by atomic mass is 9.99. The Morgan fingerprint density at radius 2 is 2.28 bits per heavy atom. The van der Waals surface area contributed by atoms with Crippen molar-refractivity contribution in [3.8, 4) is 0 Å². The van der Waals surface area contributed by atoms with Gasteiger partial charge in [0, 0.05) is 18.7 Å². The number of rotatable bonds is 5. The third-order valence-corrected chi connectivity index (χ3v) is 3.42. The van der Waals surface area contributed by atoms with Crippen LogP contribution in [0, 0.1) is 0 Å². The highest BCUT2D eigenvalue weighted by Crippen LogP contribution is 2.23. The number of hydrogen-bond donors (Lipinski definition) is 2. The van der Waals surface area contributed by atoms with Gasteiger partial charge >= 0.3 is 0 Å². The average Bonchev–Trinajstić information content (AvgIpc) is 2.39. The molecule has 3 nitrogen and oxygen atoms in total. The summed E-state index contributed by atoms with van der Waals surface area (Å²) in [6.45, 7) is 4.06. The van der Waals surface area contributed by atoms with Crippen LogP contribution in [0.5, 0.6) is 0 Å². The maximum Gasteiger partial charge on any atom is 0.224 e. The van der Waals surface area contributed by atoms with Gasteiger partial charge in [0.25, 0.3) is 0 Å². The first kappa shape index (κ1) is 13.1. The Kier molecular flexibility index (Phi) is 4.76. The van der Waals surface area contributed by atoms with Crippen LogP contribution < -0.4 is 10.6 Å². The van der Waals surface area contributed by atoms with E-state index in [0.717, 1.165) is 44.5 Å². The minimum absolute atomic E-state index is 0.149. The van der Waals surface area contributed by atoms with Crippen LogP contribution in [0.25, 0.3) is 0 Å². The summed E-state index contributed by atoms with van der Waals surface area (Å²) in [4.78, 5) is 11.8. The summed E-state index contributed by atoms with van der Waals surface area (Å²) in [5.41, 5.74) is 3.63. The monoisotopic (exact) mass is 246 g/mol. The number of fused-ring (bicyclic) bond motifs is 1. The molecule has 0 spiro atoms. The molecule has 0 unspecified atom stereocenters. The van der Waals surface area contributed by atoms with Gasteiger partial charge in [-0.2, -0.15) is 0 Å². The highest BCUT2D eigenvalue weighted by atomic mass is 16.1. The van der Waals surface area contributed by atoms with E-state index in [1.807, 2.05) is 12.1 Å². The van der Waals surface area contributed by atoms with Crippen LogP contribution in [0.1, 0.15) is 43.7 Å². The van der Waals surface area contributed by atoms with Gasteiger partial charge in [0.2, 0.25) is 5.91 Å². The zero-order chi connectivity index (χ0) is 12.8. The van der Waals surface area contributed by atoms with Crippen molar-refractivity contribution in [2.75, 3.05) is 11.9 Å². The van der Waals surface area contributed by atoms with Crippen molar-refractivity contribution in [3.63, 3.8) is 0 Å². The van der Waals surface area contributed by atoms with E-state index in [1.54, 1.807) is 0 Å². The normalized spacial score (nSPS) is 14.1. The van der Waals surface area contributed by atoms with E-state index in [1.165, 1.54) is 11.1 Å². The number of carbonyl (C=O) groups excluding carboxylic acids is 1. The number of unbranched alkanes of at least 4 members (excludes halogenated alkanes) is 2. The molecule has 0 aliphatic carbocycles. The third kappa shape index (κ3) is 3.33. The fourth-order valence-corrected chi connectivity index (χ4v) is 2.40. The molecule has 0 fully saturated rings. The summed E-state index contributed by atoms with van der Waals surface area (Å²) < 4.78 is 0. The van der Waals surface area contributed by atoms with Crippen molar-refractivity contribution in [2.45, 2.75) is 45.6 Å². The van der Waals surface area contributed by atoms with Crippen LogP contribution in [0.15, 0.2) is 18.2 Å². The fraction of sp³-hybridized carbons (Fsp3) is 0.533. The topological polar surface area (TPSA) is 41.1 Å². The Balaban J connectivity index is 1.98. The van der Waals surface area contributed by atoms with Gasteiger partial charge in [-0.05, 0) is 36.6 Å². The molecule has 0 aromatic heterocycles. The Hall–Kier alpha value is -1.35. The van der Waals surface area contributed by atoms with E-state index >= 15 is 0 Å². The summed E-state index contributed by atoms with van der Waals surface area (Å²) in [5.74, 6) is 0.149. The smallest absolute Gasteiger partial charge is 0.224 e. The molecule has 0 atom stereocenters. The Labute approximate surface area is 109 Å². The minimum Gasteiger partial charge on any atom is -0.326 e. The summed E-state index contributed by atoms with van der Waals surface area (Å²) >= 11 is 0. The molecular formula is C15H22N2O. The van der Waals surface area contributed by atoms with Gasteiger partial charge in [-0.15, -0.1) is 0 Å². The number of nitrogens with one attached hydrogen (secondary N) is 2. The molecule has 0 radical (unpaired) electrons. The molecule has 2 N–H and O–H groups in total. The molecule has 1 heterocycles. The van der Waals surface area contributed by atoms with Crippen molar-refractivity contribution >= 4 is 11.6 Å². The van der Waals surface area contributed by atoms with Crippen LogP contribution in [-0.4, -0.2) is 12.5 Å². The van der Waals surface area contributed by atoms with Crippen molar-refractivity contribution in [1.82, 2.24) is 5.32 Å². The Bertz CT molecular complexity index is 415. The zero-order valence-electron chi connectivity index (χ0n) is 11.1. The quantitative estimate of drug-likeness (QED) is 0.784. The Morgan fingerprint density at radius 1 is 1.39 bits per heavy atom. The number of anilines is 1. The van der Waals surface area contributed by atoms with Gasteiger partial charge in [0.1, 0.15) is 0 Å². The molecule has 3 heteroatoms. The maximum atomic E-state index is 11.8. The standard InChI is InChI=1S/C15H22N2O/c1-2-3-4-8-15(18)17-14-7-5-6-12-11-16-10-9-13(12)14/h5-7,16H,2-4,8-11H2,1H3,(H,17,18). The summed E-state index contributed by atoms with van der Waals surface area (Å²) in [5, 5.41) is 6.41. The maximum absolute atomic E-state index is 11.8. The largest absolute Gasteiger partial charge is 0.326 e. The summed E-state index contributed by atoms with van der Waals surface area (Å²) in [6.07, 6.45) is 4.90. The second-order valence-corrected chi connectivity index (χ2v) is 4.88. The molecule has 0 saturated heterocycles. The first-order valence-electron chi connectivity index (χ1n) is 6.92. The first-order valence-corrected chi connectivity index (χ1v) is 6.92. The minimum atomic E-state index is 0.149. The van der Waals surface area contributed by atoms with E-state index in [-0.39, 0.29) is 5.91 Å². The molecule has 1 aliphatic heterocycles. The first-order chi connectivity index (χ1) is 8.81. The number of benzene rings is 1. The number of amides is 1. The number of carbonyl (C=O) groups is 1. The van der Waals surface area contributed by atoms with Gasteiger partial charge in [-0.25, -0.2) is 0 Å². The second kappa shape index (κ2) is 6.55. The predicted octanol–water partition coefficient (Wildman–Crippen LogP) is 2.85. The lowest BCUT2D eigenvalue weighted by molar-refractivity contribution is -0.116. The third-order valence-electron chi connectivity index (χ3n) is 3.42. The highest BCUT2D eigenvalue weighted by molar-refractivity contribution is 5.91. The van der Waals surface area contributed by atoms with Crippen molar-refractivity contribution in [3.05, 3.63) is 29.3 Å².